The first-order valence-electron chi connectivity index (χ1n) is 11.8. The van der Waals surface area contributed by atoms with Gasteiger partial charge in [-0.15, -0.1) is 0 Å². The van der Waals surface area contributed by atoms with Crippen LogP contribution in [-0.4, -0.2) is 0 Å². The summed E-state index contributed by atoms with van der Waals surface area (Å²) in [6, 6.07) is 9.91. The van der Waals surface area contributed by atoms with Crippen LogP contribution in [0.3, 0.4) is 0 Å². The highest BCUT2D eigenvalue weighted by atomic mass is 19.1. The molecule has 2 nitrogen and oxygen atoms in total. The van der Waals surface area contributed by atoms with Gasteiger partial charge in [-0.3, -0.25) is 0 Å². The Morgan fingerprint density at radius 2 is 1.70 bits per heavy atom. The third-order valence-corrected chi connectivity index (χ3v) is 6.99. The van der Waals surface area contributed by atoms with Gasteiger partial charge in [0.05, 0.1) is 5.39 Å². The summed E-state index contributed by atoms with van der Waals surface area (Å²) in [6.45, 7) is 4.39. The third-order valence-electron chi connectivity index (χ3n) is 6.99. The standard InChI is InChI=1S/C27H33FO2/c1-3-5-6-8-20-13-16-23-22-15-14-21(19-11-9-18(7-4-2)10-12-19)17-24(22)27(29)30-26(23)25(20)28/h13-19H,3-12H2,1-2H3. The molecule has 0 N–H and O–H groups in total. The monoisotopic (exact) mass is 408 g/mol. The van der Waals surface area contributed by atoms with Crippen molar-refractivity contribution in [2.45, 2.75) is 84.0 Å². The van der Waals surface area contributed by atoms with Crippen LogP contribution in [-0.2, 0) is 6.42 Å². The smallest absolute Gasteiger partial charge is 0.344 e. The number of hydrogen-bond acceptors (Lipinski definition) is 2. The summed E-state index contributed by atoms with van der Waals surface area (Å²) in [5.74, 6) is 0.992. The normalized spacial score (nSPS) is 19.6. The highest BCUT2D eigenvalue weighted by Gasteiger charge is 2.23. The van der Waals surface area contributed by atoms with E-state index in [1.54, 1.807) is 0 Å². The fourth-order valence-corrected chi connectivity index (χ4v) is 5.23. The van der Waals surface area contributed by atoms with Crippen LogP contribution in [0.4, 0.5) is 4.39 Å². The van der Waals surface area contributed by atoms with Gasteiger partial charge in [0.25, 0.3) is 0 Å². The van der Waals surface area contributed by atoms with Crippen molar-refractivity contribution in [3.8, 4) is 0 Å². The number of benzene rings is 2. The fraction of sp³-hybridized carbons (Fsp3) is 0.519. The van der Waals surface area contributed by atoms with Crippen LogP contribution in [0.2, 0.25) is 0 Å². The van der Waals surface area contributed by atoms with E-state index in [2.05, 4.69) is 19.9 Å². The molecule has 0 unspecified atom stereocenters. The summed E-state index contributed by atoms with van der Waals surface area (Å²) in [5.41, 5.74) is 1.54. The van der Waals surface area contributed by atoms with E-state index in [0.29, 0.717) is 28.7 Å². The van der Waals surface area contributed by atoms with Crippen LogP contribution < -0.4 is 5.63 Å². The summed E-state index contributed by atoms with van der Waals surface area (Å²) < 4.78 is 20.6. The van der Waals surface area contributed by atoms with Crippen LogP contribution in [0.15, 0.2) is 39.5 Å². The highest BCUT2D eigenvalue weighted by molar-refractivity contribution is 6.04. The Hall–Kier alpha value is -2.16. The van der Waals surface area contributed by atoms with Gasteiger partial charge in [0.1, 0.15) is 0 Å². The first-order chi connectivity index (χ1) is 14.6. The molecule has 1 fully saturated rings. The van der Waals surface area contributed by atoms with E-state index in [4.69, 9.17) is 4.42 Å². The summed E-state index contributed by atoms with van der Waals surface area (Å²) >= 11 is 0. The maximum absolute atomic E-state index is 15.0. The Balaban J connectivity index is 1.66. The Labute approximate surface area is 178 Å². The van der Waals surface area contributed by atoms with Gasteiger partial charge in [0.2, 0.25) is 0 Å². The topological polar surface area (TPSA) is 30.2 Å². The molecule has 1 heterocycles. The highest BCUT2D eigenvalue weighted by Crippen LogP contribution is 2.38. The van der Waals surface area contributed by atoms with Crippen molar-refractivity contribution >= 4 is 21.7 Å². The Bertz CT molecular complexity index is 1070. The molecule has 4 rings (SSSR count). The summed E-state index contributed by atoms with van der Waals surface area (Å²) in [5, 5.41) is 2.07. The van der Waals surface area contributed by atoms with Crippen molar-refractivity contribution in [2.75, 3.05) is 0 Å². The lowest BCUT2D eigenvalue weighted by molar-refractivity contribution is 0.308. The quantitative estimate of drug-likeness (QED) is 0.226. The molecule has 2 aromatic carbocycles. The van der Waals surface area contributed by atoms with Gasteiger partial charge in [-0.25, -0.2) is 9.18 Å². The second-order valence-corrected chi connectivity index (χ2v) is 9.07. The molecule has 1 aliphatic rings. The van der Waals surface area contributed by atoms with E-state index in [1.807, 2.05) is 24.3 Å². The van der Waals surface area contributed by atoms with Crippen LogP contribution >= 0.6 is 0 Å². The first-order valence-corrected chi connectivity index (χ1v) is 11.8. The Kier molecular flexibility index (Phi) is 6.55. The molecule has 0 bridgehead atoms. The molecule has 0 atom stereocenters. The minimum atomic E-state index is -0.427. The third kappa shape index (κ3) is 4.17. The molecule has 3 aromatic rings. The summed E-state index contributed by atoms with van der Waals surface area (Å²) in [6.07, 6.45) is 11.3. The predicted molar refractivity (Wildman–Crippen MR) is 123 cm³/mol. The zero-order valence-corrected chi connectivity index (χ0v) is 18.3. The molecular formula is C27H33FO2. The molecule has 0 saturated heterocycles. The molecule has 1 aromatic heterocycles. The summed E-state index contributed by atoms with van der Waals surface area (Å²) in [4.78, 5) is 12.8. The van der Waals surface area contributed by atoms with E-state index in [0.717, 1.165) is 30.6 Å². The molecule has 0 amide bonds. The predicted octanol–water partition coefficient (Wildman–Crippen LogP) is 7.89. The van der Waals surface area contributed by atoms with E-state index in [9.17, 15) is 4.79 Å². The molecule has 3 heteroatoms. The second-order valence-electron chi connectivity index (χ2n) is 9.07. The minimum absolute atomic E-state index is 0.106. The van der Waals surface area contributed by atoms with Crippen LogP contribution in [0.1, 0.15) is 88.7 Å². The molecule has 30 heavy (non-hydrogen) atoms. The van der Waals surface area contributed by atoms with Crippen molar-refractivity contribution in [1.29, 1.82) is 0 Å². The van der Waals surface area contributed by atoms with Gasteiger partial charge in [0, 0.05) is 10.8 Å². The van der Waals surface area contributed by atoms with Crippen LogP contribution in [0, 0.1) is 11.7 Å². The van der Waals surface area contributed by atoms with E-state index < -0.39 is 5.63 Å². The maximum atomic E-state index is 15.0. The maximum Gasteiger partial charge on any atom is 0.344 e. The van der Waals surface area contributed by atoms with E-state index >= 15 is 4.39 Å². The largest absolute Gasteiger partial charge is 0.419 e. The summed E-state index contributed by atoms with van der Waals surface area (Å²) in [7, 11) is 0. The zero-order chi connectivity index (χ0) is 21.1. The number of aryl methyl sites for hydroxylation is 1. The number of hydrogen-bond donors (Lipinski definition) is 0. The molecular weight excluding hydrogens is 375 g/mol. The lowest BCUT2D eigenvalue weighted by Crippen LogP contribution is -2.13. The number of fused-ring (bicyclic) bond motifs is 3. The number of rotatable bonds is 7. The van der Waals surface area contributed by atoms with Gasteiger partial charge in [-0.2, -0.15) is 0 Å². The van der Waals surface area contributed by atoms with Crippen LogP contribution in [0.5, 0.6) is 0 Å². The van der Waals surface area contributed by atoms with Gasteiger partial charge < -0.3 is 4.42 Å². The molecule has 0 aliphatic heterocycles. The van der Waals surface area contributed by atoms with Crippen molar-refractivity contribution < 1.29 is 8.81 Å². The molecule has 0 spiro atoms. The number of unbranched alkanes of at least 4 members (excludes halogenated alkanes) is 2. The van der Waals surface area contributed by atoms with E-state index in [1.165, 1.54) is 44.1 Å². The molecule has 1 aliphatic carbocycles. The van der Waals surface area contributed by atoms with Gasteiger partial charge >= 0.3 is 5.63 Å². The Morgan fingerprint density at radius 3 is 2.43 bits per heavy atom. The minimum Gasteiger partial charge on any atom is -0.419 e. The van der Waals surface area contributed by atoms with Crippen molar-refractivity contribution in [3.63, 3.8) is 0 Å². The average molecular weight is 409 g/mol. The van der Waals surface area contributed by atoms with E-state index in [-0.39, 0.29) is 11.4 Å². The fourth-order valence-electron chi connectivity index (χ4n) is 5.23. The SMILES string of the molecule is CCCCCc1ccc2c(oc(=O)c3cc(C4CCC(CCC)CC4)ccc32)c1F. The molecule has 1 saturated carbocycles. The number of halogens is 1. The van der Waals surface area contributed by atoms with Crippen molar-refractivity contribution in [2.24, 2.45) is 5.92 Å². The first kappa shape index (κ1) is 21.1. The van der Waals surface area contributed by atoms with Gasteiger partial charge in [-0.05, 0) is 67.6 Å². The average Bonchev–Trinajstić information content (AvgIpc) is 2.77. The lowest BCUT2D eigenvalue weighted by Gasteiger charge is -2.28. The lowest BCUT2D eigenvalue weighted by atomic mass is 9.77. The molecule has 160 valence electrons. The Morgan fingerprint density at radius 1 is 0.933 bits per heavy atom. The molecule has 0 radical (unpaired) electrons. The van der Waals surface area contributed by atoms with Gasteiger partial charge in [0.15, 0.2) is 11.4 Å². The van der Waals surface area contributed by atoms with Gasteiger partial charge in [-0.1, -0.05) is 63.8 Å². The second kappa shape index (κ2) is 9.32. The van der Waals surface area contributed by atoms with Crippen LogP contribution in [0.25, 0.3) is 21.7 Å². The van der Waals surface area contributed by atoms with Crippen molar-refractivity contribution in [1.82, 2.24) is 0 Å². The van der Waals surface area contributed by atoms with Crippen molar-refractivity contribution in [3.05, 3.63) is 57.7 Å². The zero-order valence-electron chi connectivity index (χ0n) is 18.3.